The lowest BCUT2D eigenvalue weighted by Gasteiger charge is -2.24. The summed E-state index contributed by atoms with van der Waals surface area (Å²) in [6.07, 6.45) is 32.7. The fraction of sp³-hybridized carbons (Fsp3) is 0.865. The van der Waals surface area contributed by atoms with Crippen LogP contribution in [-0.4, -0.2) is 59.0 Å². The number of nitrogens with two attached hydrogens (primary N) is 1. The summed E-state index contributed by atoms with van der Waals surface area (Å²) < 4.78 is 21.9. The van der Waals surface area contributed by atoms with Gasteiger partial charge in [0.1, 0.15) is 0 Å². The number of hydrogen-bond acceptors (Lipinski definition) is 7. The van der Waals surface area contributed by atoms with Crippen LogP contribution >= 0.6 is 7.82 Å². The van der Waals surface area contributed by atoms with Gasteiger partial charge in [0.05, 0.1) is 37.9 Å². The molecule has 0 saturated carbocycles. The number of carbonyl (C=O) groups excluding carboxylic acids is 1. The van der Waals surface area contributed by atoms with Crippen molar-refractivity contribution in [2.75, 3.05) is 19.8 Å². The fourth-order valence-corrected chi connectivity index (χ4v) is 6.19. The van der Waals surface area contributed by atoms with Crippen molar-refractivity contribution < 1.29 is 33.5 Å². The number of carbonyl (C=O) groups is 1. The van der Waals surface area contributed by atoms with Gasteiger partial charge >= 0.3 is 7.82 Å². The molecule has 0 aromatic rings. The van der Waals surface area contributed by atoms with E-state index in [1.807, 2.05) is 6.08 Å². The summed E-state index contributed by atoms with van der Waals surface area (Å²) in [4.78, 5) is 22.6. The standard InChI is InChI=1S/C37H73N2O7P/c1-3-5-7-9-11-13-14-15-16-17-18-19-21-23-25-27-29-36(41)35(33-46-47(43,44)45-31-30-38)39-37(42)32-34(40)28-26-24-22-20-12-10-8-6-4-2/h19,21,27,29,34-36,40-41H,3-18,20,22-26,28,30-33,38H2,1-2H3,(H,39,42)(H,43,44)/b21-19+,29-27+. The van der Waals surface area contributed by atoms with Gasteiger partial charge in [-0.05, 0) is 32.1 Å². The molecule has 0 spiro atoms. The number of rotatable bonds is 35. The molecule has 4 atom stereocenters. The van der Waals surface area contributed by atoms with Crippen molar-refractivity contribution >= 4 is 13.7 Å². The average molecular weight is 689 g/mol. The Morgan fingerprint density at radius 1 is 0.723 bits per heavy atom. The number of nitrogens with one attached hydrogen (secondary N) is 1. The molecular weight excluding hydrogens is 615 g/mol. The van der Waals surface area contributed by atoms with E-state index >= 15 is 0 Å². The zero-order chi connectivity index (χ0) is 34.9. The minimum atomic E-state index is -4.40. The number of aliphatic hydroxyl groups is 2. The maximum absolute atomic E-state index is 12.7. The highest BCUT2D eigenvalue weighted by Crippen LogP contribution is 2.43. The number of hydrogen-bond donors (Lipinski definition) is 5. The van der Waals surface area contributed by atoms with Crippen molar-refractivity contribution in [3.8, 4) is 0 Å². The molecule has 0 bridgehead atoms. The van der Waals surface area contributed by atoms with Crippen LogP contribution < -0.4 is 11.1 Å². The zero-order valence-electron chi connectivity index (χ0n) is 30.1. The molecule has 10 heteroatoms. The molecule has 47 heavy (non-hydrogen) atoms. The van der Waals surface area contributed by atoms with Crippen LogP contribution in [0.4, 0.5) is 0 Å². The molecule has 0 rings (SSSR count). The first kappa shape index (κ1) is 45.9. The highest BCUT2D eigenvalue weighted by molar-refractivity contribution is 7.47. The smallest absolute Gasteiger partial charge is 0.393 e. The monoisotopic (exact) mass is 689 g/mol. The van der Waals surface area contributed by atoms with Crippen LogP contribution in [0.25, 0.3) is 0 Å². The van der Waals surface area contributed by atoms with E-state index in [0.29, 0.717) is 12.8 Å². The number of phosphoric ester groups is 1. The van der Waals surface area contributed by atoms with E-state index in [0.717, 1.165) is 32.1 Å². The molecule has 0 saturated heterocycles. The van der Waals surface area contributed by atoms with Gasteiger partial charge in [-0.1, -0.05) is 154 Å². The summed E-state index contributed by atoms with van der Waals surface area (Å²) in [6, 6.07) is -0.993. The predicted octanol–water partition coefficient (Wildman–Crippen LogP) is 8.80. The highest BCUT2D eigenvalue weighted by atomic mass is 31.2. The van der Waals surface area contributed by atoms with E-state index in [9.17, 15) is 24.5 Å². The number of aliphatic hydroxyl groups excluding tert-OH is 2. The fourth-order valence-electron chi connectivity index (χ4n) is 5.43. The van der Waals surface area contributed by atoms with Gasteiger partial charge in [0.25, 0.3) is 0 Å². The van der Waals surface area contributed by atoms with Crippen LogP contribution in [0.3, 0.4) is 0 Å². The van der Waals surface area contributed by atoms with Crippen LogP contribution in [0.5, 0.6) is 0 Å². The van der Waals surface area contributed by atoms with Gasteiger partial charge in [0.15, 0.2) is 0 Å². The highest BCUT2D eigenvalue weighted by Gasteiger charge is 2.27. The molecule has 0 radical (unpaired) electrons. The van der Waals surface area contributed by atoms with Crippen molar-refractivity contribution in [1.82, 2.24) is 5.32 Å². The molecule has 1 amide bonds. The van der Waals surface area contributed by atoms with E-state index in [1.165, 1.54) is 103 Å². The van der Waals surface area contributed by atoms with E-state index in [1.54, 1.807) is 6.08 Å². The molecule has 278 valence electrons. The van der Waals surface area contributed by atoms with Crippen LogP contribution in [0.15, 0.2) is 24.3 Å². The van der Waals surface area contributed by atoms with Gasteiger partial charge in [0, 0.05) is 6.54 Å². The summed E-state index contributed by atoms with van der Waals surface area (Å²) in [6.45, 7) is 3.91. The number of phosphoric acid groups is 1. The molecule has 0 aliphatic rings. The maximum Gasteiger partial charge on any atom is 0.472 e. The van der Waals surface area contributed by atoms with Gasteiger partial charge < -0.3 is 26.2 Å². The Bertz CT molecular complexity index is 812. The molecule has 9 nitrogen and oxygen atoms in total. The summed E-state index contributed by atoms with van der Waals surface area (Å²) in [7, 11) is -4.40. The normalized spacial score (nSPS) is 15.3. The van der Waals surface area contributed by atoms with Crippen LogP contribution in [0.2, 0.25) is 0 Å². The van der Waals surface area contributed by atoms with Gasteiger partial charge in [-0.2, -0.15) is 0 Å². The van der Waals surface area contributed by atoms with Crippen molar-refractivity contribution in [2.24, 2.45) is 5.73 Å². The van der Waals surface area contributed by atoms with Gasteiger partial charge in [-0.3, -0.25) is 13.8 Å². The molecule has 0 aliphatic heterocycles. The predicted molar refractivity (Wildman–Crippen MR) is 195 cm³/mol. The molecule has 0 aromatic carbocycles. The maximum atomic E-state index is 12.7. The first-order valence-electron chi connectivity index (χ1n) is 19.0. The lowest BCUT2D eigenvalue weighted by Crippen LogP contribution is -2.46. The van der Waals surface area contributed by atoms with Crippen molar-refractivity contribution in [3.63, 3.8) is 0 Å². The van der Waals surface area contributed by atoms with E-state index in [2.05, 4.69) is 31.3 Å². The lowest BCUT2D eigenvalue weighted by molar-refractivity contribution is -0.124. The Kier molecular flexibility index (Phi) is 32.7. The lowest BCUT2D eigenvalue weighted by atomic mass is 10.0. The molecule has 0 aromatic heterocycles. The Morgan fingerprint density at radius 3 is 1.77 bits per heavy atom. The molecule has 0 fully saturated rings. The van der Waals surface area contributed by atoms with E-state index in [-0.39, 0.29) is 19.6 Å². The Hall–Kier alpha value is -1.06. The van der Waals surface area contributed by atoms with Crippen molar-refractivity contribution in [2.45, 2.75) is 186 Å². The second-order valence-corrected chi connectivity index (χ2v) is 14.4. The number of amides is 1. The van der Waals surface area contributed by atoms with Crippen molar-refractivity contribution in [3.05, 3.63) is 24.3 Å². The SMILES string of the molecule is CCCCCCCCCCCC/C=C/CC/C=C/C(O)C(COP(=O)(O)OCCN)NC(=O)CC(O)CCCCCCCCCCC. The summed E-state index contributed by atoms with van der Waals surface area (Å²) in [5.41, 5.74) is 5.34. The molecule has 0 heterocycles. The summed E-state index contributed by atoms with van der Waals surface area (Å²) in [5, 5.41) is 23.8. The third-order valence-corrected chi connectivity index (χ3v) is 9.32. The summed E-state index contributed by atoms with van der Waals surface area (Å²) >= 11 is 0. The molecule has 0 aliphatic carbocycles. The first-order chi connectivity index (χ1) is 22.8. The zero-order valence-corrected chi connectivity index (χ0v) is 31.0. The van der Waals surface area contributed by atoms with Crippen LogP contribution in [0, 0.1) is 0 Å². The number of unbranched alkanes of at least 4 members (excludes halogenated alkanes) is 19. The molecule has 4 unspecified atom stereocenters. The van der Waals surface area contributed by atoms with Gasteiger partial charge in [-0.15, -0.1) is 0 Å². The topological polar surface area (TPSA) is 151 Å². The Balaban J connectivity index is 4.48. The molecule has 6 N–H and O–H groups in total. The van der Waals surface area contributed by atoms with Crippen LogP contribution in [0.1, 0.15) is 168 Å². The molecular formula is C37H73N2O7P. The van der Waals surface area contributed by atoms with Crippen molar-refractivity contribution in [1.29, 1.82) is 0 Å². The average Bonchev–Trinajstić information content (AvgIpc) is 3.04. The second kappa shape index (κ2) is 33.4. The third kappa shape index (κ3) is 31.9. The third-order valence-electron chi connectivity index (χ3n) is 8.33. The van der Waals surface area contributed by atoms with Gasteiger partial charge in [-0.25, -0.2) is 4.57 Å². The van der Waals surface area contributed by atoms with E-state index < -0.39 is 38.6 Å². The summed E-state index contributed by atoms with van der Waals surface area (Å²) in [5.74, 6) is -0.458. The minimum Gasteiger partial charge on any atom is -0.393 e. The van der Waals surface area contributed by atoms with Gasteiger partial charge in [0.2, 0.25) is 5.91 Å². The van der Waals surface area contributed by atoms with E-state index in [4.69, 9.17) is 14.8 Å². The Labute approximate surface area is 288 Å². The second-order valence-electron chi connectivity index (χ2n) is 13.0. The number of allylic oxidation sites excluding steroid dienone is 3. The van der Waals surface area contributed by atoms with Crippen LogP contribution in [-0.2, 0) is 18.4 Å². The largest absolute Gasteiger partial charge is 0.472 e. The minimum absolute atomic E-state index is 0.0456. The Morgan fingerprint density at radius 2 is 1.21 bits per heavy atom. The first-order valence-corrected chi connectivity index (χ1v) is 20.5. The quantitative estimate of drug-likeness (QED) is 0.0252.